The molecule has 3 rings (SSSR count). The van der Waals surface area contributed by atoms with E-state index in [0.29, 0.717) is 45.7 Å². The van der Waals surface area contributed by atoms with Crippen LogP contribution in [0, 0.1) is 5.82 Å². The van der Waals surface area contributed by atoms with E-state index in [-0.39, 0.29) is 10.8 Å². The first-order valence-corrected chi connectivity index (χ1v) is 9.58. The van der Waals surface area contributed by atoms with Gasteiger partial charge >= 0.3 is 0 Å². The van der Waals surface area contributed by atoms with E-state index in [0.717, 1.165) is 18.6 Å². The van der Waals surface area contributed by atoms with Crippen LogP contribution in [0.1, 0.15) is 19.3 Å². The Morgan fingerprint density at radius 1 is 1.08 bits per heavy atom. The number of ether oxygens (including phenoxy) is 1. The second-order valence-corrected chi connectivity index (χ2v) is 7.91. The quantitative estimate of drug-likeness (QED) is 0.817. The number of carbonyl (C=O) groups is 1. The number of piperidine rings is 1. The van der Waals surface area contributed by atoms with Gasteiger partial charge in [-0.1, -0.05) is 6.42 Å². The lowest BCUT2D eigenvalue weighted by molar-refractivity contribution is -0.140. The maximum atomic E-state index is 13.1. The molecule has 1 aromatic carbocycles. The first-order chi connectivity index (χ1) is 11.5. The molecular weight excluding hydrogens is 335 g/mol. The normalized spacial score (nSPS) is 23.2. The van der Waals surface area contributed by atoms with Crippen LogP contribution >= 0.6 is 0 Å². The van der Waals surface area contributed by atoms with E-state index >= 15 is 0 Å². The van der Waals surface area contributed by atoms with E-state index in [4.69, 9.17) is 4.74 Å². The predicted octanol–water partition coefficient (Wildman–Crippen LogP) is 1.23. The number of nitrogens with zero attached hydrogens (tertiary/aromatic N) is 2. The highest BCUT2D eigenvalue weighted by Gasteiger charge is 2.39. The SMILES string of the molecule is O=C([C@H]1CCCCN1S(=O)(=O)c1ccc(F)cc1)N1CCOCC1. The van der Waals surface area contributed by atoms with Gasteiger partial charge in [-0.3, -0.25) is 4.79 Å². The number of halogens is 1. The van der Waals surface area contributed by atoms with Crippen LogP contribution in [0.3, 0.4) is 0 Å². The molecule has 0 aliphatic carbocycles. The Morgan fingerprint density at radius 2 is 1.75 bits per heavy atom. The van der Waals surface area contributed by atoms with Gasteiger partial charge in [0.05, 0.1) is 18.1 Å². The Bertz CT molecular complexity index is 687. The lowest BCUT2D eigenvalue weighted by Crippen LogP contribution is -2.54. The first kappa shape index (κ1) is 17.3. The number of benzene rings is 1. The standard InChI is InChI=1S/C16H21FN2O4S/c17-13-4-6-14(7-5-13)24(21,22)19-8-2-1-3-15(19)16(20)18-9-11-23-12-10-18/h4-7,15H,1-3,8-12H2/t15-/m1/s1. The van der Waals surface area contributed by atoms with Crippen molar-refractivity contribution in [3.8, 4) is 0 Å². The van der Waals surface area contributed by atoms with Crippen molar-refractivity contribution >= 4 is 15.9 Å². The van der Waals surface area contributed by atoms with Gasteiger partial charge in [0.1, 0.15) is 11.9 Å². The van der Waals surface area contributed by atoms with Crippen molar-refractivity contribution < 1.29 is 22.3 Å². The molecule has 0 bridgehead atoms. The molecule has 8 heteroatoms. The van der Waals surface area contributed by atoms with Crippen LogP contribution in [0.2, 0.25) is 0 Å². The smallest absolute Gasteiger partial charge is 0.243 e. The summed E-state index contributed by atoms with van der Waals surface area (Å²) in [7, 11) is -3.82. The van der Waals surface area contributed by atoms with Crippen LogP contribution in [-0.2, 0) is 19.6 Å². The topological polar surface area (TPSA) is 66.9 Å². The number of hydrogen-bond donors (Lipinski definition) is 0. The van der Waals surface area contributed by atoms with Crippen molar-refractivity contribution in [1.82, 2.24) is 9.21 Å². The Balaban J connectivity index is 1.85. The molecule has 1 amide bonds. The van der Waals surface area contributed by atoms with Gasteiger partial charge in [0, 0.05) is 19.6 Å². The molecule has 132 valence electrons. The molecule has 2 heterocycles. The second kappa shape index (κ2) is 7.16. The summed E-state index contributed by atoms with van der Waals surface area (Å²) in [4.78, 5) is 14.5. The van der Waals surface area contributed by atoms with Crippen molar-refractivity contribution in [2.45, 2.75) is 30.2 Å². The highest BCUT2D eigenvalue weighted by molar-refractivity contribution is 7.89. The van der Waals surface area contributed by atoms with Crippen molar-refractivity contribution in [1.29, 1.82) is 0 Å². The molecule has 1 aromatic rings. The van der Waals surface area contributed by atoms with E-state index in [9.17, 15) is 17.6 Å². The third kappa shape index (κ3) is 3.45. The maximum Gasteiger partial charge on any atom is 0.243 e. The summed E-state index contributed by atoms with van der Waals surface area (Å²) in [5, 5.41) is 0. The summed E-state index contributed by atoms with van der Waals surface area (Å²) >= 11 is 0. The molecule has 0 N–H and O–H groups in total. The Kier molecular flexibility index (Phi) is 5.17. The molecule has 0 unspecified atom stereocenters. The van der Waals surface area contributed by atoms with E-state index < -0.39 is 21.9 Å². The highest BCUT2D eigenvalue weighted by Crippen LogP contribution is 2.27. The Morgan fingerprint density at radius 3 is 2.42 bits per heavy atom. The predicted molar refractivity (Wildman–Crippen MR) is 85.3 cm³/mol. The number of morpholine rings is 1. The monoisotopic (exact) mass is 356 g/mol. The third-order valence-electron chi connectivity index (χ3n) is 4.48. The zero-order valence-electron chi connectivity index (χ0n) is 13.4. The number of carbonyl (C=O) groups excluding carboxylic acids is 1. The Hall–Kier alpha value is -1.51. The number of sulfonamides is 1. The average Bonchev–Trinajstić information content (AvgIpc) is 2.62. The summed E-state index contributed by atoms with van der Waals surface area (Å²) in [6.45, 7) is 2.23. The molecule has 6 nitrogen and oxygen atoms in total. The van der Waals surface area contributed by atoms with Crippen molar-refractivity contribution in [2.24, 2.45) is 0 Å². The fourth-order valence-corrected chi connectivity index (χ4v) is 4.83. The fourth-order valence-electron chi connectivity index (χ4n) is 3.18. The van der Waals surface area contributed by atoms with Crippen LogP contribution in [0.15, 0.2) is 29.2 Å². The molecular formula is C16H21FN2O4S. The molecule has 2 saturated heterocycles. The largest absolute Gasteiger partial charge is 0.378 e. The van der Waals surface area contributed by atoms with Gasteiger partial charge in [0.15, 0.2) is 0 Å². The van der Waals surface area contributed by atoms with Crippen LogP contribution in [-0.4, -0.2) is 62.4 Å². The van der Waals surface area contributed by atoms with Crippen molar-refractivity contribution in [3.63, 3.8) is 0 Å². The second-order valence-electron chi connectivity index (χ2n) is 6.02. The van der Waals surface area contributed by atoms with Crippen molar-refractivity contribution in [2.75, 3.05) is 32.8 Å². The molecule has 24 heavy (non-hydrogen) atoms. The van der Waals surface area contributed by atoms with Gasteiger partial charge in [0.25, 0.3) is 0 Å². The summed E-state index contributed by atoms with van der Waals surface area (Å²) in [5.41, 5.74) is 0. The molecule has 0 radical (unpaired) electrons. The van der Waals surface area contributed by atoms with Crippen LogP contribution in [0.25, 0.3) is 0 Å². The molecule has 0 aromatic heterocycles. The summed E-state index contributed by atoms with van der Waals surface area (Å²) < 4.78 is 45.4. The molecule has 2 aliphatic rings. The van der Waals surface area contributed by atoms with E-state index in [1.165, 1.54) is 16.4 Å². The number of rotatable bonds is 3. The Labute approximate surface area is 141 Å². The lowest BCUT2D eigenvalue weighted by Gasteiger charge is -2.37. The summed E-state index contributed by atoms with van der Waals surface area (Å²) in [6.07, 6.45) is 2.04. The summed E-state index contributed by atoms with van der Waals surface area (Å²) in [5.74, 6) is -0.655. The average molecular weight is 356 g/mol. The lowest BCUT2D eigenvalue weighted by atomic mass is 10.0. The fraction of sp³-hybridized carbons (Fsp3) is 0.562. The van der Waals surface area contributed by atoms with Crippen molar-refractivity contribution in [3.05, 3.63) is 30.1 Å². The van der Waals surface area contributed by atoms with Gasteiger partial charge in [-0.2, -0.15) is 4.31 Å². The van der Waals surface area contributed by atoms with Gasteiger partial charge in [0.2, 0.25) is 15.9 Å². The molecule has 2 aliphatic heterocycles. The van der Waals surface area contributed by atoms with E-state index in [1.807, 2.05) is 0 Å². The summed E-state index contributed by atoms with van der Waals surface area (Å²) in [6, 6.07) is 4.04. The van der Waals surface area contributed by atoms with Gasteiger partial charge in [-0.05, 0) is 37.1 Å². The number of hydrogen-bond acceptors (Lipinski definition) is 4. The van der Waals surface area contributed by atoms with E-state index in [2.05, 4.69) is 0 Å². The highest BCUT2D eigenvalue weighted by atomic mass is 32.2. The van der Waals surface area contributed by atoms with Gasteiger partial charge in [-0.25, -0.2) is 12.8 Å². The minimum Gasteiger partial charge on any atom is -0.378 e. The minimum atomic E-state index is -3.82. The molecule has 0 spiro atoms. The maximum absolute atomic E-state index is 13.1. The molecule has 1 atom stereocenters. The number of amides is 1. The van der Waals surface area contributed by atoms with Crippen LogP contribution in [0.4, 0.5) is 4.39 Å². The van der Waals surface area contributed by atoms with Gasteiger partial charge in [-0.15, -0.1) is 0 Å². The van der Waals surface area contributed by atoms with Crippen LogP contribution < -0.4 is 0 Å². The van der Waals surface area contributed by atoms with Crippen LogP contribution in [0.5, 0.6) is 0 Å². The molecule has 2 fully saturated rings. The zero-order valence-corrected chi connectivity index (χ0v) is 14.2. The zero-order chi connectivity index (χ0) is 17.2. The van der Waals surface area contributed by atoms with E-state index in [1.54, 1.807) is 4.90 Å². The van der Waals surface area contributed by atoms with Gasteiger partial charge < -0.3 is 9.64 Å². The minimum absolute atomic E-state index is 0.0191. The third-order valence-corrected chi connectivity index (χ3v) is 6.40. The molecule has 0 saturated carbocycles. The first-order valence-electron chi connectivity index (χ1n) is 8.14.